The smallest absolute Gasteiger partial charge is 0.00557 e. The van der Waals surface area contributed by atoms with Crippen LogP contribution in [0.15, 0.2) is 79.9 Å². The zero-order valence-electron chi connectivity index (χ0n) is 10.5. The first-order valence-corrected chi connectivity index (χ1v) is 6.22. The van der Waals surface area contributed by atoms with Crippen molar-refractivity contribution in [1.82, 2.24) is 0 Å². The predicted octanol–water partition coefficient (Wildman–Crippen LogP) is 5.06. The Hall–Kier alpha value is -2.08. The third-order valence-electron chi connectivity index (χ3n) is 3.16. The van der Waals surface area contributed by atoms with Gasteiger partial charge >= 0.3 is 0 Å². The molecule has 0 spiro atoms. The number of rotatable bonds is 5. The van der Waals surface area contributed by atoms with Crippen molar-refractivity contribution in [1.29, 1.82) is 0 Å². The SMILES string of the molecule is C=CC(CC(=C)c1ccccc1)c1ccccc1. The molecule has 2 aromatic carbocycles. The minimum atomic E-state index is 0.332. The lowest BCUT2D eigenvalue weighted by atomic mass is 9.90. The Morgan fingerprint density at radius 3 is 2.06 bits per heavy atom. The van der Waals surface area contributed by atoms with Crippen molar-refractivity contribution in [3.63, 3.8) is 0 Å². The summed E-state index contributed by atoms with van der Waals surface area (Å²) in [6, 6.07) is 20.8. The minimum Gasteiger partial charge on any atom is -0.102 e. The molecule has 0 radical (unpaired) electrons. The molecule has 0 aliphatic rings. The summed E-state index contributed by atoms with van der Waals surface area (Å²) < 4.78 is 0. The average Bonchev–Trinajstić information content (AvgIpc) is 2.46. The average molecular weight is 234 g/mol. The molecule has 1 atom stereocenters. The molecule has 0 fully saturated rings. The Balaban J connectivity index is 2.13. The summed E-state index contributed by atoms with van der Waals surface area (Å²) in [5, 5.41) is 0. The van der Waals surface area contributed by atoms with Gasteiger partial charge in [0.15, 0.2) is 0 Å². The first-order chi connectivity index (χ1) is 8.81. The zero-order chi connectivity index (χ0) is 12.8. The third-order valence-corrected chi connectivity index (χ3v) is 3.16. The first-order valence-electron chi connectivity index (χ1n) is 6.22. The Kier molecular flexibility index (Phi) is 4.14. The van der Waals surface area contributed by atoms with Crippen LogP contribution in [0, 0.1) is 0 Å². The summed E-state index contributed by atoms with van der Waals surface area (Å²) in [6.45, 7) is 8.13. The van der Waals surface area contributed by atoms with Crippen LogP contribution in [0.25, 0.3) is 5.57 Å². The van der Waals surface area contributed by atoms with E-state index in [1.165, 1.54) is 11.1 Å². The van der Waals surface area contributed by atoms with Gasteiger partial charge in [-0.25, -0.2) is 0 Å². The maximum Gasteiger partial charge on any atom is 0.00557 e. The standard InChI is InChI=1S/C18H18/c1-3-16(18-12-8-5-9-13-18)14-15(2)17-10-6-4-7-11-17/h3-13,16H,1-2,14H2. The molecule has 0 saturated heterocycles. The van der Waals surface area contributed by atoms with Crippen molar-refractivity contribution in [2.24, 2.45) is 0 Å². The second-order valence-corrected chi connectivity index (χ2v) is 4.43. The van der Waals surface area contributed by atoms with Crippen molar-refractivity contribution in [3.8, 4) is 0 Å². The van der Waals surface area contributed by atoms with Crippen LogP contribution < -0.4 is 0 Å². The lowest BCUT2D eigenvalue weighted by Crippen LogP contribution is -1.96. The van der Waals surface area contributed by atoms with E-state index in [9.17, 15) is 0 Å². The molecule has 90 valence electrons. The van der Waals surface area contributed by atoms with Gasteiger partial charge in [-0.15, -0.1) is 6.58 Å². The van der Waals surface area contributed by atoms with Crippen molar-refractivity contribution >= 4 is 5.57 Å². The van der Waals surface area contributed by atoms with Crippen molar-refractivity contribution in [3.05, 3.63) is 91.0 Å². The van der Waals surface area contributed by atoms with Crippen molar-refractivity contribution in [2.75, 3.05) is 0 Å². The quantitative estimate of drug-likeness (QED) is 0.634. The Labute approximate surface area is 109 Å². The molecule has 2 rings (SSSR count). The molecule has 0 heteroatoms. The summed E-state index contributed by atoms with van der Waals surface area (Å²) in [7, 11) is 0. The Morgan fingerprint density at radius 2 is 1.50 bits per heavy atom. The molecule has 2 aromatic rings. The van der Waals surface area contributed by atoms with Crippen LogP contribution >= 0.6 is 0 Å². The minimum absolute atomic E-state index is 0.332. The summed E-state index contributed by atoms with van der Waals surface area (Å²) in [5.41, 5.74) is 3.66. The van der Waals surface area contributed by atoms with Gasteiger partial charge < -0.3 is 0 Å². The molecule has 18 heavy (non-hydrogen) atoms. The monoisotopic (exact) mass is 234 g/mol. The lowest BCUT2D eigenvalue weighted by Gasteiger charge is -2.15. The molecule has 0 aliphatic heterocycles. The summed E-state index contributed by atoms with van der Waals surface area (Å²) >= 11 is 0. The molecule has 0 aromatic heterocycles. The van der Waals surface area contributed by atoms with Crippen molar-refractivity contribution < 1.29 is 0 Å². The van der Waals surface area contributed by atoms with E-state index in [2.05, 4.69) is 49.6 Å². The highest BCUT2D eigenvalue weighted by Gasteiger charge is 2.09. The van der Waals surface area contributed by atoms with E-state index < -0.39 is 0 Å². The number of hydrogen-bond acceptors (Lipinski definition) is 0. The van der Waals surface area contributed by atoms with Gasteiger partial charge in [0.05, 0.1) is 0 Å². The van der Waals surface area contributed by atoms with Gasteiger partial charge in [-0.3, -0.25) is 0 Å². The van der Waals surface area contributed by atoms with Gasteiger partial charge in [0.1, 0.15) is 0 Å². The van der Waals surface area contributed by atoms with E-state index in [4.69, 9.17) is 0 Å². The summed E-state index contributed by atoms with van der Waals surface area (Å²) in [5.74, 6) is 0.332. The predicted molar refractivity (Wildman–Crippen MR) is 79.5 cm³/mol. The lowest BCUT2D eigenvalue weighted by molar-refractivity contribution is 0.880. The molecular formula is C18H18. The van der Waals surface area contributed by atoms with Gasteiger partial charge in [-0.05, 0) is 23.1 Å². The normalized spacial score (nSPS) is 11.8. The molecule has 0 N–H and O–H groups in total. The molecular weight excluding hydrogens is 216 g/mol. The van der Waals surface area contributed by atoms with Crippen molar-refractivity contribution in [2.45, 2.75) is 12.3 Å². The molecule has 0 nitrogen and oxygen atoms in total. The Morgan fingerprint density at radius 1 is 0.944 bits per heavy atom. The number of allylic oxidation sites excluding steroid dienone is 2. The van der Waals surface area contributed by atoms with Gasteiger partial charge in [0.25, 0.3) is 0 Å². The molecule has 0 amide bonds. The molecule has 0 aliphatic carbocycles. The van der Waals surface area contributed by atoms with Crippen LogP contribution in [0.2, 0.25) is 0 Å². The molecule has 0 bridgehead atoms. The third kappa shape index (κ3) is 2.98. The van der Waals surface area contributed by atoms with Crippen LogP contribution in [-0.4, -0.2) is 0 Å². The highest BCUT2D eigenvalue weighted by molar-refractivity contribution is 5.64. The summed E-state index contributed by atoms with van der Waals surface area (Å²) in [6.07, 6.45) is 2.92. The van der Waals surface area contributed by atoms with E-state index in [0.717, 1.165) is 12.0 Å². The van der Waals surface area contributed by atoms with E-state index in [-0.39, 0.29) is 0 Å². The van der Waals surface area contributed by atoms with E-state index >= 15 is 0 Å². The first kappa shape index (κ1) is 12.4. The topological polar surface area (TPSA) is 0 Å². The second-order valence-electron chi connectivity index (χ2n) is 4.43. The van der Waals surface area contributed by atoms with Crippen LogP contribution in [0.5, 0.6) is 0 Å². The highest BCUT2D eigenvalue weighted by Crippen LogP contribution is 2.28. The highest BCUT2D eigenvalue weighted by atomic mass is 14.1. The fourth-order valence-electron chi connectivity index (χ4n) is 2.09. The summed E-state index contributed by atoms with van der Waals surface area (Å²) in [4.78, 5) is 0. The zero-order valence-corrected chi connectivity index (χ0v) is 10.5. The second kappa shape index (κ2) is 6.02. The van der Waals surface area contributed by atoms with Crippen LogP contribution in [0.4, 0.5) is 0 Å². The fraction of sp³-hybridized carbons (Fsp3) is 0.111. The van der Waals surface area contributed by atoms with Gasteiger partial charge in [-0.1, -0.05) is 73.3 Å². The van der Waals surface area contributed by atoms with Gasteiger partial charge in [-0.2, -0.15) is 0 Å². The maximum atomic E-state index is 4.19. The van der Waals surface area contributed by atoms with Gasteiger partial charge in [0.2, 0.25) is 0 Å². The van der Waals surface area contributed by atoms with Gasteiger partial charge in [0, 0.05) is 5.92 Å². The van der Waals surface area contributed by atoms with E-state index in [0.29, 0.717) is 5.92 Å². The molecule has 0 saturated carbocycles. The molecule has 1 unspecified atom stereocenters. The van der Waals surface area contributed by atoms with Crippen LogP contribution in [0.3, 0.4) is 0 Å². The van der Waals surface area contributed by atoms with E-state index in [1.807, 2.05) is 30.3 Å². The van der Waals surface area contributed by atoms with Crippen LogP contribution in [-0.2, 0) is 0 Å². The fourth-order valence-corrected chi connectivity index (χ4v) is 2.09. The Bertz CT molecular complexity index is 508. The number of benzene rings is 2. The molecule has 0 heterocycles. The van der Waals surface area contributed by atoms with E-state index in [1.54, 1.807) is 0 Å². The van der Waals surface area contributed by atoms with Crippen LogP contribution in [0.1, 0.15) is 23.5 Å². The number of hydrogen-bond donors (Lipinski definition) is 0. The maximum absolute atomic E-state index is 4.19. The largest absolute Gasteiger partial charge is 0.102 e.